The zero-order valence-corrected chi connectivity index (χ0v) is 5.89. The molecule has 0 bridgehead atoms. The molecule has 4 N–H and O–H groups in total. The minimum absolute atomic E-state index is 0.187. The third kappa shape index (κ3) is 0.515. The van der Waals surface area contributed by atoms with E-state index in [4.69, 9.17) is 11.5 Å². The van der Waals surface area contributed by atoms with Crippen LogP contribution in [0.3, 0.4) is 0 Å². The third-order valence-electron chi connectivity index (χ3n) is 2.96. The molecule has 0 aliphatic heterocycles. The number of primary amides is 1. The Morgan fingerprint density at radius 2 is 1.70 bits per heavy atom. The van der Waals surface area contributed by atoms with Gasteiger partial charge in [0.25, 0.3) is 0 Å². The Labute approximate surface area is 59.8 Å². The number of rotatable bonds is 2. The second kappa shape index (κ2) is 1.37. The van der Waals surface area contributed by atoms with Gasteiger partial charge in [-0.1, -0.05) is 0 Å². The topological polar surface area (TPSA) is 69.1 Å². The van der Waals surface area contributed by atoms with Crippen LogP contribution in [0.25, 0.3) is 0 Å². The fraction of sp³-hybridized carbons (Fsp3) is 0.857. The molecule has 0 unspecified atom stereocenters. The molecule has 0 saturated heterocycles. The Morgan fingerprint density at radius 3 is 1.80 bits per heavy atom. The maximum Gasteiger partial charge on any atom is 0.225 e. The van der Waals surface area contributed by atoms with Gasteiger partial charge in [0.2, 0.25) is 5.91 Å². The van der Waals surface area contributed by atoms with Crippen LogP contribution in [0, 0.1) is 5.41 Å². The van der Waals surface area contributed by atoms with Crippen LogP contribution in [0.4, 0.5) is 0 Å². The van der Waals surface area contributed by atoms with Crippen LogP contribution in [0.2, 0.25) is 0 Å². The molecular weight excluding hydrogens is 128 g/mol. The van der Waals surface area contributed by atoms with Gasteiger partial charge >= 0.3 is 0 Å². The summed E-state index contributed by atoms with van der Waals surface area (Å²) in [6.07, 6.45) is 3.80. The third-order valence-corrected chi connectivity index (χ3v) is 2.96. The van der Waals surface area contributed by atoms with Crippen LogP contribution in [0.1, 0.15) is 25.7 Å². The fourth-order valence-corrected chi connectivity index (χ4v) is 1.73. The summed E-state index contributed by atoms with van der Waals surface area (Å²) < 4.78 is 0. The number of amides is 1. The molecule has 0 heterocycles. The van der Waals surface area contributed by atoms with E-state index >= 15 is 0 Å². The van der Waals surface area contributed by atoms with Gasteiger partial charge in [-0.3, -0.25) is 4.79 Å². The quantitative estimate of drug-likeness (QED) is 0.555. The highest BCUT2D eigenvalue weighted by molar-refractivity contribution is 5.86. The van der Waals surface area contributed by atoms with Crippen molar-refractivity contribution in [2.24, 2.45) is 16.9 Å². The maximum atomic E-state index is 10.9. The Hall–Kier alpha value is -0.570. The van der Waals surface area contributed by atoms with E-state index in [2.05, 4.69) is 0 Å². The van der Waals surface area contributed by atoms with Gasteiger partial charge in [0.05, 0.1) is 5.41 Å². The lowest BCUT2D eigenvalue weighted by molar-refractivity contribution is -0.124. The second-order valence-corrected chi connectivity index (χ2v) is 3.60. The minimum Gasteiger partial charge on any atom is -0.369 e. The van der Waals surface area contributed by atoms with Crippen molar-refractivity contribution < 1.29 is 4.79 Å². The molecule has 0 radical (unpaired) electrons. The smallest absolute Gasteiger partial charge is 0.225 e. The van der Waals surface area contributed by atoms with Crippen LogP contribution in [-0.4, -0.2) is 11.4 Å². The van der Waals surface area contributed by atoms with Crippen molar-refractivity contribution in [2.75, 3.05) is 0 Å². The number of hydrogen-bond acceptors (Lipinski definition) is 2. The van der Waals surface area contributed by atoms with Gasteiger partial charge in [-0.2, -0.15) is 0 Å². The first-order valence-corrected chi connectivity index (χ1v) is 3.70. The van der Waals surface area contributed by atoms with E-state index in [1.54, 1.807) is 0 Å². The largest absolute Gasteiger partial charge is 0.369 e. The highest BCUT2D eigenvalue weighted by atomic mass is 16.1. The van der Waals surface area contributed by atoms with Crippen molar-refractivity contribution in [1.29, 1.82) is 0 Å². The van der Waals surface area contributed by atoms with E-state index in [0.29, 0.717) is 0 Å². The molecule has 2 fully saturated rings. The molecule has 2 aliphatic rings. The molecular formula is C7H12N2O. The Balaban J connectivity index is 2.22. The summed E-state index contributed by atoms with van der Waals surface area (Å²) in [4.78, 5) is 10.9. The van der Waals surface area contributed by atoms with Crippen LogP contribution in [0.5, 0.6) is 0 Å². The van der Waals surface area contributed by atoms with Gasteiger partial charge in [0.15, 0.2) is 0 Å². The SMILES string of the molecule is NC(=O)C1(C2(N)CC2)CC1. The van der Waals surface area contributed by atoms with E-state index in [0.717, 1.165) is 25.7 Å². The fourth-order valence-electron chi connectivity index (χ4n) is 1.73. The normalized spacial score (nSPS) is 31.3. The van der Waals surface area contributed by atoms with E-state index in [1.165, 1.54) is 0 Å². The van der Waals surface area contributed by atoms with E-state index in [9.17, 15) is 4.79 Å². The minimum atomic E-state index is -0.285. The van der Waals surface area contributed by atoms with E-state index < -0.39 is 0 Å². The zero-order valence-electron chi connectivity index (χ0n) is 5.89. The first-order valence-electron chi connectivity index (χ1n) is 3.70. The second-order valence-electron chi connectivity index (χ2n) is 3.60. The number of carbonyl (C=O) groups excluding carboxylic acids is 1. The number of hydrogen-bond donors (Lipinski definition) is 2. The molecule has 2 aliphatic carbocycles. The van der Waals surface area contributed by atoms with E-state index in [1.807, 2.05) is 0 Å². The Morgan fingerprint density at radius 1 is 1.20 bits per heavy atom. The summed E-state index contributed by atoms with van der Waals surface area (Å²) in [5.74, 6) is -0.187. The lowest BCUT2D eigenvalue weighted by atomic mass is 9.94. The summed E-state index contributed by atoms with van der Waals surface area (Å²) >= 11 is 0. The van der Waals surface area contributed by atoms with Gasteiger partial charge < -0.3 is 11.5 Å². The molecule has 56 valence electrons. The molecule has 3 nitrogen and oxygen atoms in total. The lowest BCUT2D eigenvalue weighted by Crippen LogP contribution is -2.43. The highest BCUT2D eigenvalue weighted by Gasteiger charge is 2.66. The van der Waals surface area contributed by atoms with Gasteiger partial charge in [-0.05, 0) is 25.7 Å². The van der Waals surface area contributed by atoms with Crippen LogP contribution in [0.15, 0.2) is 0 Å². The number of carbonyl (C=O) groups is 1. The summed E-state index contributed by atoms with van der Waals surface area (Å²) in [5, 5.41) is 0. The average molecular weight is 140 g/mol. The van der Waals surface area contributed by atoms with Gasteiger partial charge in [0, 0.05) is 5.54 Å². The zero-order chi connectivity index (χ0) is 7.41. The van der Waals surface area contributed by atoms with Crippen molar-refractivity contribution >= 4 is 5.91 Å². The molecule has 2 rings (SSSR count). The Kier molecular flexibility index (Phi) is 0.844. The molecule has 3 heteroatoms. The molecule has 0 aromatic heterocycles. The predicted molar refractivity (Wildman–Crippen MR) is 37.0 cm³/mol. The molecule has 0 spiro atoms. The van der Waals surface area contributed by atoms with Crippen LogP contribution >= 0.6 is 0 Å². The van der Waals surface area contributed by atoms with Crippen molar-refractivity contribution in [3.8, 4) is 0 Å². The predicted octanol–water partition coefficient (Wildman–Crippen LogP) is -0.257. The summed E-state index contributed by atoms with van der Waals surface area (Å²) in [6.45, 7) is 0. The monoisotopic (exact) mass is 140 g/mol. The molecule has 1 amide bonds. The standard InChI is InChI=1S/C7H12N2O/c8-5(10)6(1-2-6)7(9)3-4-7/h1-4,9H2,(H2,8,10). The molecule has 0 atom stereocenters. The number of nitrogens with two attached hydrogens (primary N) is 2. The summed E-state index contributed by atoms with van der Waals surface area (Å²) in [5.41, 5.74) is 10.6. The van der Waals surface area contributed by atoms with Crippen molar-refractivity contribution in [3.05, 3.63) is 0 Å². The lowest BCUT2D eigenvalue weighted by Gasteiger charge is -2.17. The molecule has 0 aromatic rings. The first-order chi connectivity index (χ1) is 4.61. The van der Waals surface area contributed by atoms with Crippen molar-refractivity contribution in [2.45, 2.75) is 31.2 Å². The van der Waals surface area contributed by atoms with Crippen LogP contribution in [-0.2, 0) is 4.79 Å². The van der Waals surface area contributed by atoms with E-state index in [-0.39, 0.29) is 16.9 Å². The average Bonchev–Trinajstić information content (AvgIpc) is 2.55. The van der Waals surface area contributed by atoms with Crippen molar-refractivity contribution in [3.63, 3.8) is 0 Å². The first kappa shape index (κ1) is 6.16. The molecule has 0 aromatic carbocycles. The van der Waals surface area contributed by atoms with Crippen LogP contribution < -0.4 is 11.5 Å². The van der Waals surface area contributed by atoms with Gasteiger partial charge in [-0.25, -0.2) is 0 Å². The van der Waals surface area contributed by atoms with Crippen molar-refractivity contribution in [1.82, 2.24) is 0 Å². The highest BCUT2D eigenvalue weighted by Crippen LogP contribution is 2.62. The summed E-state index contributed by atoms with van der Waals surface area (Å²) in [6, 6.07) is 0. The summed E-state index contributed by atoms with van der Waals surface area (Å²) in [7, 11) is 0. The van der Waals surface area contributed by atoms with Gasteiger partial charge in [-0.15, -0.1) is 0 Å². The van der Waals surface area contributed by atoms with Gasteiger partial charge in [0.1, 0.15) is 0 Å². The molecule has 2 saturated carbocycles. The Bertz CT molecular complexity index is 192. The molecule has 10 heavy (non-hydrogen) atoms. The maximum absolute atomic E-state index is 10.9.